The van der Waals surface area contributed by atoms with Crippen LogP contribution < -0.4 is 5.73 Å². The van der Waals surface area contributed by atoms with Crippen LogP contribution in [0.3, 0.4) is 0 Å². The van der Waals surface area contributed by atoms with Gasteiger partial charge in [0, 0.05) is 0 Å². The lowest BCUT2D eigenvalue weighted by Crippen LogP contribution is -2.13. The molecule has 0 unspecified atom stereocenters. The van der Waals surface area contributed by atoms with E-state index in [0.717, 1.165) is 5.57 Å². The number of ketones is 1. The van der Waals surface area contributed by atoms with Crippen molar-refractivity contribution in [2.45, 2.75) is 27.7 Å². The summed E-state index contributed by atoms with van der Waals surface area (Å²) in [4.78, 5) is 11.5. The summed E-state index contributed by atoms with van der Waals surface area (Å²) in [5, 5.41) is 9.49. The van der Waals surface area contributed by atoms with Gasteiger partial charge in [0.2, 0.25) is 5.78 Å². The summed E-state index contributed by atoms with van der Waals surface area (Å²) in [5.41, 5.74) is 7.38. The maximum atomic E-state index is 11.5. The van der Waals surface area contributed by atoms with Gasteiger partial charge < -0.3 is 10.8 Å². The van der Waals surface area contributed by atoms with Gasteiger partial charge in [0.25, 0.3) is 0 Å². The molecule has 3 nitrogen and oxygen atoms in total. The number of hydrogen-bond acceptors (Lipinski definition) is 3. The van der Waals surface area contributed by atoms with Crippen molar-refractivity contribution >= 4 is 5.78 Å². The zero-order valence-corrected chi connectivity index (χ0v) is 9.14. The molecule has 0 aromatic rings. The SMILES string of the molecule is C=C(C)/C(N)=C(\O)C(=O)C(C)=C(C)C. The van der Waals surface area contributed by atoms with Crippen LogP contribution in [0.1, 0.15) is 27.7 Å². The number of aliphatic hydroxyl groups is 1. The van der Waals surface area contributed by atoms with E-state index < -0.39 is 11.5 Å². The third-order valence-electron chi connectivity index (χ3n) is 2.02. The van der Waals surface area contributed by atoms with Crippen molar-refractivity contribution in [3.8, 4) is 0 Å². The predicted molar refractivity (Wildman–Crippen MR) is 57.7 cm³/mol. The van der Waals surface area contributed by atoms with Crippen LogP contribution in [0.5, 0.6) is 0 Å². The first kappa shape index (κ1) is 12.5. The molecule has 0 aliphatic rings. The molecule has 0 amide bonds. The first-order valence-electron chi connectivity index (χ1n) is 4.32. The fourth-order valence-corrected chi connectivity index (χ4v) is 0.729. The van der Waals surface area contributed by atoms with E-state index in [9.17, 15) is 9.90 Å². The van der Waals surface area contributed by atoms with Gasteiger partial charge in [0.1, 0.15) is 0 Å². The number of aliphatic hydroxyl groups excluding tert-OH is 1. The van der Waals surface area contributed by atoms with Gasteiger partial charge in [-0.1, -0.05) is 12.2 Å². The van der Waals surface area contributed by atoms with E-state index in [1.807, 2.05) is 0 Å². The number of carbonyl (C=O) groups is 1. The van der Waals surface area contributed by atoms with E-state index in [2.05, 4.69) is 6.58 Å². The molecule has 14 heavy (non-hydrogen) atoms. The Hall–Kier alpha value is -1.51. The summed E-state index contributed by atoms with van der Waals surface area (Å²) >= 11 is 0. The van der Waals surface area contributed by atoms with E-state index in [0.29, 0.717) is 11.1 Å². The van der Waals surface area contributed by atoms with Crippen LogP contribution in [-0.4, -0.2) is 10.9 Å². The number of hydrogen-bond donors (Lipinski definition) is 2. The van der Waals surface area contributed by atoms with Crippen LogP contribution in [0, 0.1) is 0 Å². The van der Waals surface area contributed by atoms with Crippen LogP contribution in [0.15, 0.2) is 34.8 Å². The highest BCUT2D eigenvalue weighted by Gasteiger charge is 2.15. The Morgan fingerprint density at radius 2 is 1.64 bits per heavy atom. The molecule has 3 heteroatoms. The molecule has 0 atom stereocenters. The van der Waals surface area contributed by atoms with Crippen LogP contribution in [0.2, 0.25) is 0 Å². The third-order valence-corrected chi connectivity index (χ3v) is 2.02. The minimum absolute atomic E-state index is 0.0515. The number of allylic oxidation sites excluding steroid dienone is 3. The molecular weight excluding hydrogens is 178 g/mol. The number of rotatable bonds is 3. The van der Waals surface area contributed by atoms with Gasteiger partial charge in [-0.2, -0.15) is 0 Å². The molecule has 0 saturated heterocycles. The molecule has 0 bridgehead atoms. The zero-order valence-electron chi connectivity index (χ0n) is 9.14. The van der Waals surface area contributed by atoms with E-state index in [-0.39, 0.29) is 5.70 Å². The number of nitrogens with two attached hydrogens (primary N) is 1. The largest absolute Gasteiger partial charge is 0.503 e. The van der Waals surface area contributed by atoms with Gasteiger partial charge in [-0.25, -0.2) is 0 Å². The molecule has 0 aromatic carbocycles. The second-order valence-electron chi connectivity index (χ2n) is 3.50. The average molecular weight is 195 g/mol. The summed E-state index contributed by atoms with van der Waals surface area (Å²) in [6, 6.07) is 0. The first-order chi connectivity index (χ1) is 6.29. The van der Waals surface area contributed by atoms with Gasteiger partial charge in [0.05, 0.1) is 5.70 Å². The molecule has 0 heterocycles. The normalized spacial score (nSPS) is 11.7. The van der Waals surface area contributed by atoms with Crippen LogP contribution in [0.25, 0.3) is 0 Å². The lowest BCUT2D eigenvalue weighted by atomic mass is 10.0. The van der Waals surface area contributed by atoms with E-state index in [1.54, 1.807) is 27.7 Å². The Morgan fingerprint density at radius 3 is 1.93 bits per heavy atom. The summed E-state index contributed by atoms with van der Waals surface area (Å²) in [7, 11) is 0. The molecule has 0 saturated carbocycles. The minimum atomic E-state index is -0.439. The minimum Gasteiger partial charge on any atom is -0.503 e. The lowest BCUT2D eigenvalue weighted by molar-refractivity contribution is -0.114. The predicted octanol–water partition coefficient (Wildman–Crippen LogP) is 2.22. The molecule has 0 aromatic heterocycles. The molecule has 0 aliphatic carbocycles. The van der Waals surface area contributed by atoms with Crippen molar-refractivity contribution in [3.05, 3.63) is 34.8 Å². The fraction of sp³-hybridized carbons (Fsp3) is 0.364. The third kappa shape index (κ3) is 2.76. The summed E-state index contributed by atoms with van der Waals surface area (Å²) in [5.74, 6) is -0.860. The van der Waals surface area contributed by atoms with Gasteiger partial charge >= 0.3 is 0 Å². The van der Waals surface area contributed by atoms with Crippen molar-refractivity contribution in [1.82, 2.24) is 0 Å². The van der Waals surface area contributed by atoms with Gasteiger partial charge in [0.15, 0.2) is 5.76 Å². The van der Waals surface area contributed by atoms with Crippen LogP contribution in [0.4, 0.5) is 0 Å². The van der Waals surface area contributed by atoms with Crippen molar-refractivity contribution in [2.24, 2.45) is 5.73 Å². The van der Waals surface area contributed by atoms with E-state index in [4.69, 9.17) is 5.73 Å². The zero-order chi connectivity index (χ0) is 11.5. The van der Waals surface area contributed by atoms with Crippen LogP contribution >= 0.6 is 0 Å². The average Bonchev–Trinajstić information content (AvgIpc) is 2.12. The molecule has 0 radical (unpaired) electrons. The summed E-state index contributed by atoms with van der Waals surface area (Å²) < 4.78 is 0. The quantitative estimate of drug-likeness (QED) is 0.412. The smallest absolute Gasteiger partial charge is 0.225 e. The highest BCUT2D eigenvalue weighted by atomic mass is 16.3. The van der Waals surface area contributed by atoms with Crippen molar-refractivity contribution in [2.75, 3.05) is 0 Å². The maximum absolute atomic E-state index is 11.5. The summed E-state index contributed by atoms with van der Waals surface area (Å²) in [6.07, 6.45) is 0. The van der Waals surface area contributed by atoms with Crippen molar-refractivity contribution in [1.29, 1.82) is 0 Å². The molecule has 0 spiro atoms. The van der Waals surface area contributed by atoms with Crippen molar-refractivity contribution in [3.63, 3.8) is 0 Å². The number of Topliss-reactive ketones (excluding diaryl/α,β-unsaturated/α-hetero) is 1. The molecular formula is C11H17NO2. The molecule has 3 N–H and O–H groups in total. The maximum Gasteiger partial charge on any atom is 0.225 e. The molecule has 78 valence electrons. The molecule has 0 fully saturated rings. The molecule has 0 rings (SSSR count). The Labute approximate surface area is 84.6 Å². The Balaban J connectivity index is 5.19. The van der Waals surface area contributed by atoms with Gasteiger partial charge in [-0.15, -0.1) is 0 Å². The Bertz CT molecular complexity index is 331. The second kappa shape index (κ2) is 4.65. The topological polar surface area (TPSA) is 63.3 Å². The lowest BCUT2D eigenvalue weighted by Gasteiger charge is -2.06. The van der Waals surface area contributed by atoms with Crippen molar-refractivity contribution < 1.29 is 9.90 Å². The highest BCUT2D eigenvalue weighted by molar-refractivity contribution is 6.07. The van der Waals surface area contributed by atoms with Gasteiger partial charge in [-0.05, 0) is 38.8 Å². The fourth-order valence-electron chi connectivity index (χ4n) is 0.729. The van der Waals surface area contributed by atoms with Crippen LogP contribution in [-0.2, 0) is 4.79 Å². The van der Waals surface area contributed by atoms with E-state index >= 15 is 0 Å². The van der Waals surface area contributed by atoms with Gasteiger partial charge in [-0.3, -0.25) is 4.79 Å². The Morgan fingerprint density at radius 1 is 1.21 bits per heavy atom. The number of carbonyl (C=O) groups excluding carboxylic acids is 1. The van der Waals surface area contributed by atoms with E-state index in [1.165, 1.54) is 0 Å². The monoisotopic (exact) mass is 195 g/mol. The first-order valence-corrected chi connectivity index (χ1v) is 4.32. The standard InChI is InChI=1S/C11H17NO2/c1-6(2)8(5)10(13)11(14)9(12)7(3)4/h14H,3,12H2,1-2,4-5H3/b11-9+. The summed E-state index contributed by atoms with van der Waals surface area (Å²) in [6.45, 7) is 10.4. The molecule has 0 aliphatic heterocycles. The highest BCUT2D eigenvalue weighted by Crippen LogP contribution is 2.12. The Kier molecular flexibility index (Phi) is 4.15. The second-order valence-corrected chi connectivity index (χ2v) is 3.50.